The van der Waals surface area contributed by atoms with Gasteiger partial charge in [0.2, 0.25) is 5.79 Å². The molecule has 1 aliphatic carbocycles. The van der Waals surface area contributed by atoms with Gasteiger partial charge in [0.1, 0.15) is 0 Å². The van der Waals surface area contributed by atoms with Crippen molar-refractivity contribution in [2.24, 2.45) is 0 Å². The highest BCUT2D eigenvalue weighted by Gasteiger charge is 2.87. The smallest absolute Gasteiger partial charge is 0.359 e. The Morgan fingerprint density at radius 1 is 0.561 bits per heavy atom. The molecule has 0 amide bonds. The van der Waals surface area contributed by atoms with E-state index in [-0.39, 0.29) is 12.2 Å². The van der Waals surface area contributed by atoms with Gasteiger partial charge in [-0.15, -0.1) is 0 Å². The largest absolute Gasteiger partial charge is 0.460 e. The van der Waals surface area contributed by atoms with E-state index in [2.05, 4.69) is 8.37 Å². The highest BCUT2D eigenvalue weighted by Crippen LogP contribution is 2.57. The van der Waals surface area contributed by atoms with Gasteiger partial charge in [0.25, 0.3) is 0 Å². The van der Waals surface area contributed by atoms with E-state index in [9.17, 15) is 101 Å². The lowest BCUT2D eigenvalue weighted by Gasteiger charge is -2.37. The third kappa shape index (κ3) is 5.46. The Morgan fingerprint density at radius 2 is 0.902 bits per heavy atom. The molecule has 0 aromatic carbocycles. The van der Waals surface area contributed by atoms with Crippen LogP contribution in [-0.2, 0) is 28.6 Å². The first-order valence-electron chi connectivity index (χ1n) is 8.88. The number of rotatable bonds is 10. The number of allylic oxidation sites excluding steroid dienone is 2. The molecule has 0 aromatic rings. The SMILES string of the molecule is O=S(=O)(OC1C=CC=CC1(O)OS(=O)(=O)C(F)(F)C(F)(F)C(F)(F)C(F)(F)F)C(F)(F)C(F)(F)C(F)(F)C(F)(F)F. The maximum Gasteiger partial charge on any atom is 0.460 e. The van der Waals surface area contributed by atoms with Crippen LogP contribution in [0.4, 0.5) is 79.0 Å². The lowest BCUT2D eigenvalue weighted by molar-refractivity contribution is -0.383. The average Bonchev–Trinajstić information content (AvgIpc) is 2.72. The van der Waals surface area contributed by atoms with Gasteiger partial charge in [0.15, 0.2) is 6.10 Å². The zero-order chi connectivity index (χ0) is 33.3. The van der Waals surface area contributed by atoms with E-state index in [0.717, 1.165) is 0 Å². The Kier molecular flexibility index (Phi) is 8.82. The molecular formula is C14H6F18O7S2. The Morgan fingerprint density at radius 3 is 1.24 bits per heavy atom. The topological polar surface area (TPSA) is 107 Å². The second-order valence-electron chi connectivity index (χ2n) is 7.33. The van der Waals surface area contributed by atoms with Crippen molar-refractivity contribution in [2.45, 2.75) is 58.4 Å². The van der Waals surface area contributed by atoms with E-state index in [0.29, 0.717) is 0 Å². The molecule has 2 atom stereocenters. The van der Waals surface area contributed by atoms with Crippen LogP contribution in [0.1, 0.15) is 0 Å². The van der Waals surface area contributed by atoms with E-state index in [1.807, 2.05) is 0 Å². The van der Waals surface area contributed by atoms with Crippen LogP contribution < -0.4 is 0 Å². The Balaban J connectivity index is 3.61. The van der Waals surface area contributed by atoms with Gasteiger partial charge in [-0.2, -0.15) is 95.9 Å². The quantitative estimate of drug-likeness (QED) is 0.201. The first-order valence-corrected chi connectivity index (χ1v) is 11.7. The van der Waals surface area contributed by atoms with Crippen LogP contribution in [0, 0.1) is 0 Å². The van der Waals surface area contributed by atoms with Crippen LogP contribution in [0.2, 0.25) is 0 Å². The summed E-state index contributed by atoms with van der Waals surface area (Å²) in [5, 5.41) is -5.63. The van der Waals surface area contributed by atoms with E-state index >= 15 is 0 Å². The van der Waals surface area contributed by atoms with Crippen molar-refractivity contribution in [2.75, 3.05) is 0 Å². The second kappa shape index (κ2) is 9.76. The highest BCUT2D eigenvalue weighted by molar-refractivity contribution is 7.88. The molecular weight excluding hydrogens is 686 g/mol. The maximum absolute atomic E-state index is 13.8. The van der Waals surface area contributed by atoms with E-state index < -0.39 is 90.8 Å². The van der Waals surface area contributed by atoms with Crippen molar-refractivity contribution in [3.8, 4) is 0 Å². The fourth-order valence-corrected chi connectivity index (χ4v) is 4.31. The van der Waals surface area contributed by atoms with Crippen LogP contribution in [-0.4, -0.2) is 80.4 Å². The number of hydrogen-bond donors (Lipinski definition) is 1. The van der Waals surface area contributed by atoms with Gasteiger partial charge >= 0.3 is 66.8 Å². The zero-order valence-electron chi connectivity index (χ0n) is 17.9. The zero-order valence-corrected chi connectivity index (χ0v) is 19.5. The van der Waals surface area contributed by atoms with Crippen molar-refractivity contribution in [1.29, 1.82) is 0 Å². The third-order valence-corrected chi connectivity index (χ3v) is 7.19. The molecule has 2 unspecified atom stereocenters. The molecule has 1 aliphatic rings. The molecule has 0 spiro atoms. The Hall–Kier alpha value is -2.00. The summed E-state index contributed by atoms with van der Waals surface area (Å²) in [6.45, 7) is 0. The molecule has 0 saturated heterocycles. The lowest BCUT2D eigenvalue weighted by atomic mass is 10.1. The fourth-order valence-electron chi connectivity index (χ4n) is 2.23. The first kappa shape index (κ1) is 37.0. The van der Waals surface area contributed by atoms with E-state index in [1.165, 1.54) is 0 Å². The standard InChI is InChI=1S/C14H6F18O7S2/c15-7(16,11(23,24)25)9(19,20)13(29,30)40(34,35)38-5-3-1-2-4-6(5,33)39-41(36,37)14(31,32)10(21,22)8(17,18)12(26,27)28/h1-5,33H. The third-order valence-electron chi connectivity index (χ3n) is 4.47. The number of aliphatic hydroxyl groups is 1. The highest BCUT2D eigenvalue weighted by atomic mass is 32.2. The fraction of sp³-hybridized carbons (Fsp3) is 0.714. The summed E-state index contributed by atoms with van der Waals surface area (Å²) >= 11 is 0. The van der Waals surface area contributed by atoms with Crippen molar-refractivity contribution in [1.82, 2.24) is 0 Å². The second-order valence-corrected chi connectivity index (χ2v) is 10.5. The van der Waals surface area contributed by atoms with E-state index in [1.54, 1.807) is 0 Å². The molecule has 41 heavy (non-hydrogen) atoms. The minimum Gasteiger partial charge on any atom is -0.359 e. The van der Waals surface area contributed by atoms with Gasteiger partial charge in [0, 0.05) is 0 Å². The van der Waals surface area contributed by atoms with Gasteiger partial charge in [-0.1, -0.05) is 12.2 Å². The summed E-state index contributed by atoms with van der Waals surface area (Å²) in [7, 11) is -16.3. The molecule has 27 heteroatoms. The number of halogens is 18. The summed E-state index contributed by atoms with van der Waals surface area (Å²) in [6.07, 6.45) is -20.1. The Labute approximate surface area is 213 Å². The summed E-state index contributed by atoms with van der Waals surface area (Å²) in [5.74, 6) is -36.8. The van der Waals surface area contributed by atoms with Crippen molar-refractivity contribution < 1.29 is 109 Å². The minimum absolute atomic E-state index is 0.0488. The van der Waals surface area contributed by atoms with Gasteiger partial charge < -0.3 is 5.11 Å². The van der Waals surface area contributed by atoms with Crippen LogP contribution in [0.25, 0.3) is 0 Å². The van der Waals surface area contributed by atoms with Gasteiger partial charge in [-0.05, 0) is 12.2 Å². The van der Waals surface area contributed by atoms with Crippen LogP contribution in [0.3, 0.4) is 0 Å². The number of alkyl halides is 18. The predicted molar refractivity (Wildman–Crippen MR) is 88.8 cm³/mol. The number of hydrogen-bond acceptors (Lipinski definition) is 7. The molecule has 0 saturated carbocycles. The molecule has 0 heterocycles. The van der Waals surface area contributed by atoms with Gasteiger partial charge in [-0.25, -0.2) is 4.18 Å². The summed E-state index contributed by atoms with van der Waals surface area (Å²) in [6, 6.07) is 0. The summed E-state index contributed by atoms with van der Waals surface area (Å²) < 4.78 is 286. The first-order chi connectivity index (χ1) is 17.5. The van der Waals surface area contributed by atoms with Crippen LogP contribution in [0.15, 0.2) is 24.3 Å². The van der Waals surface area contributed by atoms with E-state index in [4.69, 9.17) is 0 Å². The summed E-state index contributed by atoms with van der Waals surface area (Å²) in [5.41, 5.74) is 0. The van der Waals surface area contributed by atoms with Crippen LogP contribution >= 0.6 is 0 Å². The van der Waals surface area contributed by atoms with Crippen molar-refractivity contribution in [3.05, 3.63) is 24.3 Å². The normalized spacial score (nSPS) is 22.8. The molecule has 0 fully saturated rings. The molecule has 0 bridgehead atoms. The molecule has 0 aromatic heterocycles. The molecule has 0 aliphatic heterocycles. The molecule has 0 radical (unpaired) electrons. The van der Waals surface area contributed by atoms with Gasteiger partial charge in [-0.3, -0.25) is 4.18 Å². The molecule has 1 rings (SSSR count). The minimum atomic E-state index is -8.19. The molecule has 242 valence electrons. The van der Waals surface area contributed by atoms with Gasteiger partial charge in [0.05, 0.1) is 0 Å². The summed E-state index contributed by atoms with van der Waals surface area (Å²) in [4.78, 5) is 0. The average molecular weight is 692 g/mol. The van der Waals surface area contributed by atoms with Crippen LogP contribution in [0.5, 0.6) is 0 Å². The monoisotopic (exact) mass is 692 g/mol. The Bertz CT molecular complexity index is 1280. The predicted octanol–water partition coefficient (Wildman–Crippen LogP) is 4.71. The van der Waals surface area contributed by atoms with Crippen molar-refractivity contribution in [3.63, 3.8) is 0 Å². The lowest BCUT2D eigenvalue weighted by Crippen LogP contribution is -2.65. The maximum atomic E-state index is 13.8. The van der Waals surface area contributed by atoms with Crippen molar-refractivity contribution >= 4 is 20.2 Å². The molecule has 7 nitrogen and oxygen atoms in total. The molecule has 1 N–H and O–H groups in total.